The van der Waals surface area contributed by atoms with Crippen LogP contribution in [0, 0.1) is 0 Å². The zero-order valence-electron chi connectivity index (χ0n) is 5.74. The number of hydrogen-bond donors (Lipinski definition) is 0. The molecule has 1 aromatic heterocycles. The van der Waals surface area contributed by atoms with Crippen LogP contribution in [0.1, 0.15) is 12.7 Å². The van der Waals surface area contributed by atoms with Gasteiger partial charge < -0.3 is 4.52 Å². The summed E-state index contributed by atoms with van der Waals surface area (Å²) in [5.41, 5.74) is 0. The molecule has 10 heavy (non-hydrogen) atoms. The monoisotopic (exact) mass is 159 g/mol. The molecule has 0 bridgehead atoms. The van der Waals surface area contributed by atoms with E-state index in [0.717, 1.165) is 0 Å². The van der Waals surface area contributed by atoms with Gasteiger partial charge in [-0.15, -0.1) is 0 Å². The first-order chi connectivity index (χ1) is 4.83. The van der Waals surface area contributed by atoms with Gasteiger partial charge >= 0.3 is 0 Å². The van der Waals surface area contributed by atoms with Crippen LogP contribution in [-0.4, -0.2) is 15.1 Å². The van der Waals surface area contributed by atoms with Gasteiger partial charge in [-0.2, -0.15) is 0 Å². The predicted molar refractivity (Wildman–Crippen MR) is 38.9 cm³/mol. The summed E-state index contributed by atoms with van der Waals surface area (Å²) >= 11 is 0. The Bertz CT molecular complexity index is 208. The number of hydrogen-bond acceptors (Lipinski definition) is 3. The molecule has 0 aliphatic rings. The Labute approximate surface area is 61.9 Å². The molecular weight excluding hydrogens is 150 g/mol. The van der Waals surface area contributed by atoms with Gasteiger partial charge in [-0.3, -0.25) is 4.21 Å². The summed E-state index contributed by atoms with van der Waals surface area (Å²) in [6, 6.07) is 1.73. The molecule has 0 saturated heterocycles. The van der Waals surface area contributed by atoms with Gasteiger partial charge in [0.2, 0.25) is 0 Å². The van der Waals surface area contributed by atoms with E-state index in [1.54, 1.807) is 12.3 Å². The third-order valence-corrected chi connectivity index (χ3v) is 2.37. The van der Waals surface area contributed by atoms with E-state index in [4.69, 9.17) is 4.52 Å². The maximum absolute atomic E-state index is 10.9. The van der Waals surface area contributed by atoms with E-state index in [0.29, 0.717) is 17.3 Å². The van der Waals surface area contributed by atoms with Gasteiger partial charge in [-0.1, -0.05) is 12.1 Å². The third kappa shape index (κ3) is 1.95. The number of rotatable bonds is 3. The van der Waals surface area contributed by atoms with Crippen molar-refractivity contribution in [3.63, 3.8) is 0 Å². The smallest absolute Gasteiger partial charge is 0.149 e. The summed E-state index contributed by atoms with van der Waals surface area (Å²) in [5.74, 6) is 1.84. The maximum atomic E-state index is 10.9. The van der Waals surface area contributed by atoms with E-state index in [2.05, 4.69) is 5.16 Å². The topological polar surface area (TPSA) is 43.1 Å². The van der Waals surface area contributed by atoms with Crippen molar-refractivity contribution in [2.75, 3.05) is 5.75 Å². The van der Waals surface area contributed by atoms with Crippen molar-refractivity contribution in [3.8, 4) is 0 Å². The van der Waals surface area contributed by atoms with Crippen LogP contribution < -0.4 is 0 Å². The van der Waals surface area contributed by atoms with E-state index >= 15 is 0 Å². The van der Waals surface area contributed by atoms with Crippen molar-refractivity contribution in [1.29, 1.82) is 0 Å². The summed E-state index contributed by atoms with van der Waals surface area (Å²) in [5, 5.41) is 3.50. The van der Waals surface area contributed by atoms with Crippen LogP contribution in [0.5, 0.6) is 0 Å². The molecule has 4 heteroatoms. The molecule has 0 aliphatic carbocycles. The molecule has 1 aromatic rings. The second-order valence-electron chi connectivity index (χ2n) is 1.85. The molecule has 0 fully saturated rings. The number of nitrogens with zero attached hydrogens (tertiary/aromatic N) is 1. The molecule has 1 heterocycles. The van der Waals surface area contributed by atoms with Crippen LogP contribution in [0.15, 0.2) is 16.8 Å². The average molecular weight is 159 g/mol. The van der Waals surface area contributed by atoms with Crippen molar-refractivity contribution < 1.29 is 8.73 Å². The van der Waals surface area contributed by atoms with E-state index in [-0.39, 0.29) is 0 Å². The van der Waals surface area contributed by atoms with Crippen molar-refractivity contribution in [3.05, 3.63) is 18.0 Å². The van der Waals surface area contributed by atoms with Crippen LogP contribution in [-0.2, 0) is 16.6 Å². The average Bonchev–Trinajstić information content (AvgIpc) is 2.40. The fraction of sp³-hybridized carbons (Fsp3) is 0.500. The molecule has 0 spiro atoms. The summed E-state index contributed by atoms with van der Waals surface area (Å²) in [7, 11) is -0.790. The SMILES string of the molecule is CCS(=O)Cc1ccno1. The molecular formula is C6H9NO2S. The molecule has 56 valence electrons. The molecule has 3 nitrogen and oxygen atoms in total. The molecule has 0 aliphatic heterocycles. The zero-order chi connectivity index (χ0) is 7.40. The van der Waals surface area contributed by atoms with Gasteiger partial charge in [0.1, 0.15) is 5.76 Å². The van der Waals surface area contributed by atoms with Gasteiger partial charge in [0.25, 0.3) is 0 Å². The van der Waals surface area contributed by atoms with Gasteiger partial charge in [0.15, 0.2) is 0 Å². The highest BCUT2D eigenvalue weighted by molar-refractivity contribution is 7.84. The van der Waals surface area contributed by atoms with E-state index < -0.39 is 10.8 Å². The Morgan fingerprint density at radius 1 is 1.80 bits per heavy atom. The summed E-state index contributed by atoms with van der Waals surface area (Å²) in [4.78, 5) is 0. The molecule has 0 saturated carbocycles. The van der Waals surface area contributed by atoms with Crippen LogP contribution in [0.25, 0.3) is 0 Å². The maximum Gasteiger partial charge on any atom is 0.149 e. The fourth-order valence-corrected chi connectivity index (χ4v) is 1.25. The Morgan fingerprint density at radius 2 is 2.60 bits per heavy atom. The predicted octanol–water partition coefficient (Wildman–Crippen LogP) is 0.943. The standard InChI is InChI=1S/C6H9NO2S/c1-2-10(8)5-6-3-4-7-9-6/h3-4H,2,5H2,1H3. The second kappa shape index (κ2) is 3.51. The molecule has 0 amide bonds. The Hall–Kier alpha value is -0.640. The van der Waals surface area contributed by atoms with Crippen molar-refractivity contribution in [1.82, 2.24) is 5.16 Å². The largest absolute Gasteiger partial charge is 0.360 e. The highest BCUT2D eigenvalue weighted by Crippen LogP contribution is 2.00. The molecule has 0 aromatic carbocycles. The minimum absolute atomic E-state index is 0.483. The van der Waals surface area contributed by atoms with Crippen molar-refractivity contribution in [2.45, 2.75) is 12.7 Å². The zero-order valence-corrected chi connectivity index (χ0v) is 6.56. The summed E-state index contributed by atoms with van der Waals surface area (Å²) in [6.45, 7) is 1.88. The van der Waals surface area contributed by atoms with E-state index in [1.165, 1.54) is 0 Å². The lowest BCUT2D eigenvalue weighted by atomic mass is 10.5. The van der Waals surface area contributed by atoms with Crippen LogP contribution >= 0.6 is 0 Å². The van der Waals surface area contributed by atoms with Gasteiger partial charge in [-0.05, 0) is 0 Å². The molecule has 1 rings (SSSR count). The Balaban J connectivity index is 2.48. The third-order valence-electron chi connectivity index (χ3n) is 1.12. The first kappa shape index (κ1) is 7.47. The second-order valence-corrected chi connectivity index (χ2v) is 3.60. The lowest BCUT2D eigenvalue weighted by Crippen LogP contribution is -1.95. The highest BCUT2D eigenvalue weighted by Gasteiger charge is 2.00. The van der Waals surface area contributed by atoms with Gasteiger partial charge in [0.05, 0.1) is 11.9 Å². The Kier molecular flexibility index (Phi) is 2.62. The van der Waals surface area contributed by atoms with Crippen molar-refractivity contribution in [2.24, 2.45) is 0 Å². The summed E-state index contributed by atoms with van der Waals surface area (Å²) in [6.07, 6.45) is 1.56. The molecule has 0 N–H and O–H groups in total. The molecule has 1 unspecified atom stereocenters. The van der Waals surface area contributed by atoms with Gasteiger partial charge in [0, 0.05) is 22.6 Å². The van der Waals surface area contributed by atoms with Crippen LogP contribution in [0.4, 0.5) is 0 Å². The summed E-state index contributed by atoms with van der Waals surface area (Å²) < 4.78 is 15.7. The minimum Gasteiger partial charge on any atom is -0.360 e. The van der Waals surface area contributed by atoms with Crippen LogP contribution in [0.2, 0.25) is 0 Å². The lowest BCUT2D eigenvalue weighted by Gasteiger charge is -1.90. The number of aromatic nitrogens is 1. The molecule has 0 radical (unpaired) electrons. The minimum atomic E-state index is -0.790. The molecule has 1 atom stereocenters. The van der Waals surface area contributed by atoms with E-state index in [1.807, 2.05) is 6.92 Å². The highest BCUT2D eigenvalue weighted by atomic mass is 32.2. The van der Waals surface area contributed by atoms with Gasteiger partial charge in [-0.25, -0.2) is 0 Å². The van der Waals surface area contributed by atoms with Crippen molar-refractivity contribution >= 4 is 10.8 Å². The quantitative estimate of drug-likeness (QED) is 0.659. The normalized spacial score (nSPS) is 13.3. The lowest BCUT2D eigenvalue weighted by molar-refractivity contribution is 0.394. The first-order valence-electron chi connectivity index (χ1n) is 3.07. The first-order valence-corrected chi connectivity index (χ1v) is 4.56. The Morgan fingerprint density at radius 3 is 3.10 bits per heavy atom. The fourth-order valence-electron chi connectivity index (χ4n) is 0.577. The van der Waals surface area contributed by atoms with Crippen LogP contribution in [0.3, 0.4) is 0 Å². The van der Waals surface area contributed by atoms with E-state index in [9.17, 15) is 4.21 Å².